The molecule has 0 saturated heterocycles. The Morgan fingerprint density at radius 2 is 1.94 bits per heavy atom. The van der Waals surface area contributed by atoms with Crippen molar-refractivity contribution in [2.24, 2.45) is 5.73 Å². The van der Waals surface area contributed by atoms with Crippen LogP contribution in [0.25, 0.3) is 0 Å². The van der Waals surface area contributed by atoms with Gasteiger partial charge in [-0.1, -0.05) is 42.5 Å². The third-order valence-corrected chi connectivity index (χ3v) is 5.82. The molecule has 0 amide bonds. The molecule has 2 heterocycles. The zero-order chi connectivity index (χ0) is 23.4. The van der Waals surface area contributed by atoms with Gasteiger partial charge in [-0.3, -0.25) is 14.5 Å². The third-order valence-electron chi connectivity index (χ3n) is 5.82. The van der Waals surface area contributed by atoms with Gasteiger partial charge in [-0.25, -0.2) is 0 Å². The molecule has 1 aromatic heterocycles. The molecule has 0 radical (unpaired) electrons. The second-order valence-electron chi connectivity index (χ2n) is 9.41. The van der Waals surface area contributed by atoms with E-state index in [0.717, 1.165) is 36.9 Å². The Kier molecular flexibility index (Phi) is 6.77. The van der Waals surface area contributed by atoms with Crippen LogP contribution in [0.1, 0.15) is 52.2 Å². The molecule has 2 N–H and O–H groups in total. The van der Waals surface area contributed by atoms with Crippen LogP contribution in [-0.2, 0) is 32.5 Å². The van der Waals surface area contributed by atoms with Gasteiger partial charge in [0.1, 0.15) is 24.9 Å². The molecule has 2 aromatic carbocycles. The largest absolute Gasteiger partial charge is 0.482 e. The minimum atomic E-state index is -0.440. The fourth-order valence-corrected chi connectivity index (χ4v) is 4.21. The van der Waals surface area contributed by atoms with Crippen molar-refractivity contribution in [2.75, 3.05) is 6.54 Å². The van der Waals surface area contributed by atoms with Crippen molar-refractivity contribution < 1.29 is 13.9 Å². The monoisotopic (exact) mass is 446 g/mol. The molecular formula is C27H30N2O4. The summed E-state index contributed by atoms with van der Waals surface area (Å²) in [4.78, 5) is 26.2. The number of fused-ring (bicyclic) bond motifs is 1. The molecule has 172 valence electrons. The van der Waals surface area contributed by atoms with Crippen LogP contribution >= 0.6 is 0 Å². The minimum Gasteiger partial charge on any atom is -0.482 e. The van der Waals surface area contributed by atoms with E-state index in [4.69, 9.17) is 14.9 Å². The van der Waals surface area contributed by atoms with Crippen LogP contribution < -0.4 is 15.9 Å². The summed E-state index contributed by atoms with van der Waals surface area (Å²) in [6, 6.07) is 15.4. The van der Waals surface area contributed by atoms with E-state index in [1.807, 2.05) is 26.0 Å². The molecule has 0 atom stereocenters. The molecule has 0 spiro atoms. The highest BCUT2D eigenvalue weighted by atomic mass is 16.5. The molecule has 6 nitrogen and oxygen atoms in total. The van der Waals surface area contributed by atoms with Gasteiger partial charge in [-0.2, -0.15) is 0 Å². The molecule has 1 aliphatic rings. The molecule has 6 heteroatoms. The molecule has 1 aliphatic heterocycles. The zero-order valence-electron chi connectivity index (χ0n) is 19.2. The summed E-state index contributed by atoms with van der Waals surface area (Å²) in [6.07, 6.45) is 3.78. The van der Waals surface area contributed by atoms with Gasteiger partial charge < -0.3 is 14.9 Å². The highest BCUT2D eigenvalue weighted by Gasteiger charge is 2.18. The van der Waals surface area contributed by atoms with Gasteiger partial charge in [0, 0.05) is 30.3 Å². The standard InChI is InChI=1S/C27H30N2O4/c1-27(2,28)13-23-11-19(7-8-22(23)16-30)17-33-26-18-32-24(12-25(26)31)15-29-10-9-20-5-3-4-6-21(20)14-29/h3-8,11-12,16,18H,9-10,13-15,17,28H2,1-2H3. The van der Waals surface area contributed by atoms with E-state index in [-0.39, 0.29) is 17.8 Å². The van der Waals surface area contributed by atoms with E-state index in [0.29, 0.717) is 24.3 Å². The number of hydrogen-bond acceptors (Lipinski definition) is 6. The van der Waals surface area contributed by atoms with Crippen molar-refractivity contribution in [2.45, 2.75) is 51.9 Å². The first-order chi connectivity index (χ1) is 15.8. The van der Waals surface area contributed by atoms with E-state index >= 15 is 0 Å². The first kappa shape index (κ1) is 23.0. The third kappa shape index (κ3) is 5.97. The van der Waals surface area contributed by atoms with Crippen LogP contribution in [0.4, 0.5) is 0 Å². The number of carbonyl (C=O) groups is 1. The smallest absolute Gasteiger partial charge is 0.227 e. The Bertz CT molecular complexity index is 1190. The summed E-state index contributed by atoms with van der Waals surface area (Å²) in [5, 5.41) is 0. The van der Waals surface area contributed by atoms with E-state index in [1.165, 1.54) is 23.5 Å². The second-order valence-corrected chi connectivity index (χ2v) is 9.41. The Balaban J connectivity index is 1.40. The van der Waals surface area contributed by atoms with Crippen LogP contribution in [0.5, 0.6) is 5.75 Å². The van der Waals surface area contributed by atoms with E-state index < -0.39 is 5.54 Å². The van der Waals surface area contributed by atoms with E-state index in [1.54, 1.807) is 6.07 Å². The maximum absolute atomic E-state index is 12.6. The SMILES string of the molecule is CC(C)(N)Cc1cc(COc2coc(CN3CCc4ccccc4C3)cc2=O)ccc1C=O. The van der Waals surface area contributed by atoms with Crippen LogP contribution in [0, 0.1) is 0 Å². The van der Waals surface area contributed by atoms with Gasteiger partial charge in [-0.05, 0) is 48.9 Å². The van der Waals surface area contributed by atoms with Crippen LogP contribution in [-0.4, -0.2) is 23.3 Å². The highest BCUT2D eigenvalue weighted by molar-refractivity contribution is 5.77. The summed E-state index contributed by atoms with van der Waals surface area (Å²) in [5.74, 6) is 0.789. The quantitative estimate of drug-likeness (QED) is 0.529. The average molecular weight is 447 g/mol. The normalized spacial score (nSPS) is 14.0. The fourth-order valence-electron chi connectivity index (χ4n) is 4.21. The highest BCUT2D eigenvalue weighted by Crippen LogP contribution is 2.21. The number of nitrogens with zero attached hydrogens (tertiary/aromatic N) is 1. The van der Waals surface area contributed by atoms with Crippen LogP contribution in [0.2, 0.25) is 0 Å². The topological polar surface area (TPSA) is 85.8 Å². The Hall–Kier alpha value is -3.22. The molecule has 0 fully saturated rings. The van der Waals surface area contributed by atoms with Crippen LogP contribution in [0.15, 0.2) is 64.0 Å². The lowest BCUT2D eigenvalue weighted by molar-refractivity contribution is 0.112. The molecule has 3 aromatic rings. The van der Waals surface area contributed by atoms with E-state index in [2.05, 4.69) is 29.2 Å². The lowest BCUT2D eigenvalue weighted by Crippen LogP contribution is -2.34. The number of nitrogens with two attached hydrogens (primary N) is 1. The zero-order valence-corrected chi connectivity index (χ0v) is 19.2. The molecule has 0 aliphatic carbocycles. The van der Waals surface area contributed by atoms with Crippen molar-refractivity contribution in [3.05, 3.63) is 98.6 Å². The predicted molar refractivity (Wildman–Crippen MR) is 127 cm³/mol. The fraction of sp³-hybridized carbons (Fsp3) is 0.333. The minimum absolute atomic E-state index is 0.169. The van der Waals surface area contributed by atoms with Crippen molar-refractivity contribution >= 4 is 6.29 Å². The van der Waals surface area contributed by atoms with Crippen molar-refractivity contribution in [1.29, 1.82) is 0 Å². The number of ether oxygens (including phenoxy) is 1. The average Bonchev–Trinajstić information content (AvgIpc) is 2.77. The maximum Gasteiger partial charge on any atom is 0.227 e. The summed E-state index contributed by atoms with van der Waals surface area (Å²) in [7, 11) is 0. The number of carbonyl (C=O) groups excluding carboxylic acids is 1. The second kappa shape index (κ2) is 9.73. The van der Waals surface area contributed by atoms with Gasteiger partial charge in [0.25, 0.3) is 0 Å². The van der Waals surface area contributed by atoms with Gasteiger partial charge in [0.15, 0.2) is 0 Å². The maximum atomic E-state index is 12.6. The lowest BCUT2D eigenvalue weighted by Gasteiger charge is -2.28. The summed E-state index contributed by atoms with van der Waals surface area (Å²) in [6.45, 7) is 6.38. The van der Waals surface area contributed by atoms with Crippen molar-refractivity contribution in [1.82, 2.24) is 4.90 Å². The van der Waals surface area contributed by atoms with Crippen molar-refractivity contribution in [3.8, 4) is 5.75 Å². The molecule has 4 rings (SSSR count). The summed E-state index contributed by atoms with van der Waals surface area (Å²) in [5.41, 5.74) is 10.5. The first-order valence-corrected chi connectivity index (χ1v) is 11.2. The number of aldehydes is 1. The van der Waals surface area contributed by atoms with Crippen molar-refractivity contribution in [3.63, 3.8) is 0 Å². The number of hydrogen-bond donors (Lipinski definition) is 1. The first-order valence-electron chi connectivity index (χ1n) is 11.2. The molecular weight excluding hydrogens is 416 g/mol. The summed E-state index contributed by atoms with van der Waals surface area (Å²) >= 11 is 0. The number of rotatable bonds is 8. The van der Waals surface area contributed by atoms with Gasteiger partial charge >= 0.3 is 0 Å². The Morgan fingerprint density at radius 3 is 2.67 bits per heavy atom. The van der Waals surface area contributed by atoms with Gasteiger partial charge in [0.2, 0.25) is 11.2 Å². The molecule has 0 bridgehead atoms. The summed E-state index contributed by atoms with van der Waals surface area (Å²) < 4.78 is 11.4. The predicted octanol–water partition coefficient (Wildman–Crippen LogP) is 3.87. The number of benzene rings is 2. The van der Waals surface area contributed by atoms with Gasteiger partial charge in [0.05, 0.1) is 6.54 Å². The Morgan fingerprint density at radius 1 is 1.15 bits per heavy atom. The molecule has 33 heavy (non-hydrogen) atoms. The van der Waals surface area contributed by atoms with E-state index in [9.17, 15) is 9.59 Å². The van der Waals surface area contributed by atoms with Gasteiger partial charge in [-0.15, -0.1) is 0 Å². The molecule has 0 saturated carbocycles. The Labute approximate surface area is 194 Å². The van der Waals surface area contributed by atoms with Crippen LogP contribution in [0.3, 0.4) is 0 Å². The molecule has 0 unspecified atom stereocenters. The lowest BCUT2D eigenvalue weighted by atomic mass is 9.92.